The van der Waals surface area contributed by atoms with Crippen LogP contribution in [0.1, 0.15) is 46.5 Å². The SMILES string of the molecule is CC(C)(C)CS(=O)(=O)NCC1CCC(CN)CC1. The quantitative estimate of drug-likeness (QED) is 0.803. The van der Waals surface area contributed by atoms with Crippen molar-refractivity contribution in [3.63, 3.8) is 0 Å². The van der Waals surface area contributed by atoms with Gasteiger partial charge in [0.15, 0.2) is 0 Å². The van der Waals surface area contributed by atoms with Crippen molar-refractivity contribution in [3.8, 4) is 0 Å². The van der Waals surface area contributed by atoms with Gasteiger partial charge in [0.05, 0.1) is 5.75 Å². The highest BCUT2D eigenvalue weighted by molar-refractivity contribution is 7.89. The van der Waals surface area contributed by atoms with Crippen molar-refractivity contribution in [2.24, 2.45) is 23.0 Å². The zero-order chi connectivity index (χ0) is 13.8. The predicted octanol–water partition coefficient (Wildman–Crippen LogP) is 1.72. The fourth-order valence-electron chi connectivity index (χ4n) is 2.54. The summed E-state index contributed by atoms with van der Waals surface area (Å²) in [6.07, 6.45) is 4.48. The molecule has 0 radical (unpaired) electrons. The predicted molar refractivity (Wildman–Crippen MR) is 75.7 cm³/mol. The highest BCUT2D eigenvalue weighted by atomic mass is 32.2. The van der Waals surface area contributed by atoms with E-state index in [1.54, 1.807) is 0 Å². The summed E-state index contributed by atoms with van der Waals surface area (Å²) in [7, 11) is -3.13. The fourth-order valence-corrected chi connectivity index (χ4v) is 4.27. The van der Waals surface area contributed by atoms with E-state index in [9.17, 15) is 8.42 Å². The minimum Gasteiger partial charge on any atom is -0.330 e. The van der Waals surface area contributed by atoms with Gasteiger partial charge < -0.3 is 5.73 Å². The van der Waals surface area contributed by atoms with Crippen molar-refractivity contribution >= 4 is 10.0 Å². The lowest BCUT2D eigenvalue weighted by molar-refractivity contribution is 0.280. The Hall–Kier alpha value is -0.130. The number of sulfonamides is 1. The second-order valence-corrected chi connectivity index (χ2v) is 8.60. The van der Waals surface area contributed by atoms with Gasteiger partial charge in [0.25, 0.3) is 0 Å². The number of nitrogens with one attached hydrogen (secondary N) is 1. The van der Waals surface area contributed by atoms with Crippen LogP contribution in [0, 0.1) is 17.3 Å². The normalized spacial score (nSPS) is 26.2. The molecule has 18 heavy (non-hydrogen) atoms. The number of nitrogens with two attached hydrogens (primary N) is 1. The summed E-state index contributed by atoms with van der Waals surface area (Å²) in [4.78, 5) is 0. The Labute approximate surface area is 112 Å². The molecule has 0 aromatic carbocycles. The van der Waals surface area contributed by atoms with Crippen LogP contribution >= 0.6 is 0 Å². The molecule has 0 aromatic heterocycles. The molecule has 0 unspecified atom stereocenters. The summed E-state index contributed by atoms with van der Waals surface area (Å²) in [5.41, 5.74) is 5.46. The lowest BCUT2D eigenvalue weighted by Crippen LogP contribution is -2.36. The molecule has 1 aliphatic carbocycles. The Morgan fingerprint density at radius 3 is 2.06 bits per heavy atom. The summed E-state index contributed by atoms with van der Waals surface area (Å²) in [5, 5.41) is 0. The maximum Gasteiger partial charge on any atom is 0.212 e. The molecule has 1 rings (SSSR count). The summed E-state index contributed by atoms with van der Waals surface area (Å²) in [6.45, 7) is 7.19. The van der Waals surface area contributed by atoms with Gasteiger partial charge in [-0.2, -0.15) is 0 Å². The first-order valence-electron chi connectivity index (χ1n) is 6.89. The van der Waals surface area contributed by atoms with Crippen molar-refractivity contribution in [1.82, 2.24) is 4.72 Å². The molecule has 4 nitrogen and oxygen atoms in total. The Morgan fingerprint density at radius 2 is 1.61 bits per heavy atom. The monoisotopic (exact) mass is 276 g/mol. The summed E-state index contributed by atoms with van der Waals surface area (Å²) in [6, 6.07) is 0. The largest absolute Gasteiger partial charge is 0.330 e. The van der Waals surface area contributed by atoms with Crippen LogP contribution in [0.25, 0.3) is 0 Å². The third-order valence-electron chi connectivity index (χ3n) is 3.51. The maximum absolute atomic E-state index is 11.9. The lowest BCUT2D eigenvalue weighted by atomic mass is 9.82. The van der Waals surface area contributed by atoms with E-state index in [-0.39, 0.29) is 11.2 Å². The maximum atomic E-state index is 11.9. The van der Waals surface area contributed by atoms with E-state index in [0.29, 0.717) is 18.4 Å². The molecule has 1 saturated carbocycles. The molecule has 0 heterocycles. The number of rotatable bonds is 5. The van der Waals surface area contributed by atoms with E-state index in [1.807, 2.05) is 20.8 Å². The smallest absolute Gasteiger partial charge is 0.212 e. The molecule has 0 amide bonds. The van der Waals surface area contributed by atoms with Crippen LogP contribution < -0.4 is 10.5 Å². The number of hydrogen-bond acceptors (Lipinski definition) is 3. The van der Waals surface area contributed by atoms with Gasteiger partial charge in [-0.3, -0.25) is 0 Å². The molecule has 0 aromatic rings. The summed E-state index contributed by atoms with van der Waals surface area (Å²) >= 11 is 0. The Balaban J connectivity index is 2.33. The molecule has 0 saturated heterocycles. The Bertz CT molecular complexity index is 338. The summed E-state index contributed by atoms with van der Waals surface area (Å²) in [5.74, 6) is 1.33. The van der Waals surface area contributed by atoms with Crippen LogP contribution in [-0.2, 0) is 10.0 Å². The fraction of sp³-hybridized carbons (Fsp3) is 1.00. The molecule has 1 aliphatic rings. The Morgan fingerprint density at radius 1 is 1.11 bits per heavy atom. The first-order valence-corrected chi connectivity index (χ1v) is 8.54. The van der Waals surface area contributed by atoms with Crippen molar-refractivity contribution in [2.75, 3.05) is 18.8 Å². The zero-order valence-electron chi connectivity index (χ0n) is 11.9. The zero-order valence-corrected chi connectivity index (χ0v) is 12.7. The first-order chi connectivity index (χ1) is 8.22. The van der Waals surface area contributed by atoms with Gasteiger partial charge in [-0.05, 0) is 49.5 Å². The lowest BCUT2D eigenvalue weighted by Gasteiger charge is -2.28. The van der Waals surface area contributed by atoms with E-state index in [2.05, 4.69) is 4.72 Å². The molecule has 1 fully saturated rings. The van der Waals surface area contributed by atoms with Gasteiger partial charge in [-0.15, -0.1) is 0 Å². The van der Waals surface area contributed by atoms with Crippen LogP contribution in [0.5, 0.6) is 0 Å². The van der Waals surface area contributed by atoms with Crippen molar-refractivity contribution in [3.05, 3.63) is 0 Å². The highest BCUT2D eigenvalue weighted by Crippen LogP contribution is 2.27. The summed E-state index contributed by atoms with van der Waals surface area (Å²) < 4.78 is 26.5. The molecule has 3 N–H and O–H groups in total. The minimum absolute atomic E-state index is 0.191. The van der Waals surface area contributed by atoms with Crippen molar-refractivity contribution in [2.45, 2.75) is 46.5 Å². The highest BCUT2D eigenvalue weighted by Gasteiger charge is 2.24. The molecule has 0 spiro atoms. The third-order valence-corrected chi connectivity index (χ3v) is 5.37. The average Bonchev–Trinajstić information content (AvgIpc) is 2.24. The van der Waals surface area contributed by atoms with Crippen LogP contribution in [0.15, 0.2) is 0 Å². The van der Waals surface area contributed by atoms with Crippen molar-refractivity contribution in [1.29, 1.82) is 0 Å². The van der Waals surface area contributed by atoms with E-state index < -0.39 is 10.0 Å². The first kappa shape index (κ1) is 15.9. The van der Waals surface area contributed by atoms with Gasteiger partial charge in [0.2, 0.25) is 10.0 Å². The average molecular weight is 276 g/mol. The van der Waals surface area contributed by atoms with Crippen molar-refractivity contribution < 1.29 is 8.42 Å². The molecule has 5 heteroatoms. The third kappa shape index (κ3) is 6.16. The van der Waals surface area contributed by atoms with Gasteiger partial charge in [-0.1, -0.05) is 20.8 Å². The second kappa shape index (κ2) is 6.35. The topological polar surface area (TPSA) is 72.2 Å². The second-order valence-electron chi connectivity index (χ2n) is 6.79. The van der Waals surface area contributed by atoms with E-state index in [1.165, 1.54) is 0 Å². The molecule has 0 bridgehead atoms. The van der Waals surface area contributed by atoms with Crippen LogP contribution in [0.2, 0.25) is 0 Å². The van der Waals surface area contributed by atoms with Gasteiger partial charge in [0, 0.05) is 6.54 Å². The molecular formula is C13H28N2O2S. The van der Waals surface area contributed by atoms with Crippen LogP contribution in [-0.4, -0.2) is 27.3 Å². The standard InChI is InChI=1S/C13H28N2O2S/c1-13(2,3)10-18(16,17)15-9-12-6-4-11(8-14)5-7-12/h11-12,15H,4-10,14H2,1-3H3. The van der Waals surface area contributed by atoms with E-state index >= 15 is 0 Å². The van der Waals surface area contributed by atoms with Crippen LogP contribution in [0.4, 0.5) is 0 Å². The molecule has 108 valence electrons. The number of hydrogen-bond donors (Lipinski definition) is 2. The molecular weight excluding hydrogens is 248 g/mol. The molecule has 0 aliphatic heterocycles. The van der Waals surface area contributed by atoms with Gasteiger partial charge >= 0.3 is 0 Å². The minimum atomic E-state index is -3.13. The van der Waals surface area contributed by atoms with Crippen LogP contribution in [0.3, 0.4) is 0 Å². The molecule has 0 atom stereocenters. The Kier molecular flexibility index (Phi) is 5.62. The van der Waals surface area contributed by atoms with E-state index in [0.717, 1.165) is 32.2 Å². The van der Waals surface area contributed by atoms with E-state index in [4.69, 9.17) is 5.73 Å². The van der Waals surface area contributed by atoms with Gasteiger partial charge in [0.1, 0.15) is 0 Å². The van der Waals surface area contributed by atoms with Gasteiger partial charge in [-0.25, -0.2) is 13.1 Å².